The fraction of sp³-hybridized carbons (Fsp3) is 0.619. The lowest BCUT2D eigenvalue weighted by Crippen LogP contribution is -3.17. The summed E-state index contributed by atoms with van der Waals surface area (Å²) in [6.45, 7) is 7.62. The van der Waals surface area contributed by atoms with Gasteiger partial charge in [-0.1, -0.05) is 11.8 Å². The maximum absolute atomic E-state index is 12.6. The van der Waals surface area contributed by atoms with Crippen LogP contribution in [0.1, 0.15) is 36.0 Å². The van der Waals surface area contributed by atoms with Gasteiger partial charge in [-0.25, -0.2) is 0 Å². The van der Waals surface area contributed by atoms with Crippen LogP contribution in [-0.2, 0) is 9.53 Å². The number of quaternary nitrogens is 2. The monoisotopic (exact) mass is 420 g/mol. The molecule has 4 rings (SSSR count). The molecule has 3 aliphatic heterocycles. The number of nitrogens with one attached hydrogen (secondary N) is 4. The van der Waals surface area contributed by atoms with E-state index in [4.69, 9.17) is 4.74 Å². The van der Waals surface area contributed by atoms with Crippen molar-refractivity contribution in [3.63, 3.8) is 0 Å². The molecule has 1 aromatic rings. The van der Waals surface area contributed by atoms with Crippen molar-refractivity contribution in [1.29, 1.82) is 0 Å². The molecule has 1 atom stereocenters. The molecule has 8 heteroatoms. The van der Waals surface area contributed by atoms with Crippen molar-refractivity contribution in [3.05, 3.63) is 23.8 Å². The first-order chi connectivity index (χ1) is 14.2. The minimum Gasteiger partial charge on any atom is -0.370 e. The molecule has 0 radical (unpaired) electrons. The van der Waals surface area contributed by atoms with Crippen LogP contribution in [-0.4, -0.2) is 69.7 Å². The van der Waals surface area contributed by atoms with Crippen LogP contribution in [0, 0.1) is 0 Å². The topological polar surface area (TPSA) is 76.3 Å². The number of piperidine rings is 1. The molecule has 4 N–H and O–H groups in total. The average Bonchev–Trinajstić information content (AvgIpc) is 2.77. The molecule has 1 unspecified atom stereocenters. The molecule has 7 nitrogen and oxygen atoms in total. The first-order valence-corrected chi connectivity index (χ1v) is 11.7. The minimum absolute atomic E-state index is 0.0606. The van der Waals surface area contributed by atoms with Crippen LogP contribution in [0.2, 0.25) is 0 Å². The van der Waals surface area contributed by atoms with Crippen molar-refractivity contribution in [2.24, 2.45) is 0 Å². The third-order valence-electron chi connectivity index (χ3n) is 6.04. The molecule has 3 heterocycles. The Morgan fingerprint density at radius 3 is 2.76 bits per heavy atom. The number of thioether (sulfide) groups is 1. The highest BCUT2D eigenvalue weighted by molar-refractivity contribution is 8.00. The Bertz CT molecular complexity index is 733. The molecular weight excluding hydrogens is 388 g/mol. The van der Waals surface area contributed by atoms with E-state index >= 15 is 0 Å². The molecule has 29 heavy (non-hydrogen) atoms. The van der Waals surface area contributed by atoms with Crippen LogP contribution in [0.15, 0.2) is 23.1 Å². The summed E-state index contributed by atoms with van der Waals surface area (Å²) in [6, 6.07) is 5.65. The van der Waals surface area contributed by atoms with Crippen LogP contribution in [0.3, 0.4) is 0 Å². The van der Waals surface area contributed by atoms with Crippen LogP contribution < -0.4 is 20.4 Å². The van der Waals surface area contributed by atoms with Crippen molar-refractivity contribution in [1.82, 2.24) is 5.32 Å². The number of benzene rings is 1. The fourth-order valence-corrected chi connectivity index (χ4v) is 5.55. The Kier molecular flexibility index (Phi) is 7.07. The zero-order valence-electron chi connectivity index (χ0n) is 16.9. The summed E-state index contributed by atoms with van der Waals surface area (Å²) in [6.07, 6.45) is 4.61. The number of anilines is 1. The van der Waals surface area contributed by atoms with Gasteiger partial charge in [-0.3, -0.25) is 9.59 Å². The van der Waals surface area contributed by atoms with E-state index < -0.39 is 0 Å². The molecule has 0 aliphatic carbocycles. The Labute approximate surface area is 176 Å². The number of carbonyl (C=O) groups excluding carboxylic acids is 2. The highest BCUT2D eigenvalue weighted by Gasteiger charge is 2.36. The zero-order chi connectivity index (χ0) is 20.1. The van der Waals surface area contributed by atoms with Crippen LogP contribution >= 0.6 is 11.8 Å². The standard InChI is InChI=1S/C21H30N4O3S/c26-19(22-7-4-8-24-11-13-28-14-12-24)16-5-6-18-17(15-16)23-20(27)21(29-18)25-9-2-1-3-10-25/h5-6,15,21H,1-4,7-14H2,(H,22,26)(H,23,27)/p+2. The number of carbonyl (C=O) groups is 2. The largest absolute Gasteiger partial charge is 0.370 e. The Morgan fingerprint density at radius 2 is 1.97 bits per heavy atom. The van der Waals surface area contributed by atoms with E-state index in [0.29, 0.717) is 12.1 Å². The maximum Gasteiger partial charge on any atom is 0.294 e. The molecule has 3 aliphatic rings. The van der Waals surface area contributed by atoms with Crippen molar-refractivity contribution in [3.8, 4) is 0 Å². The first kappa shape index (κ1) is 20.7. The number of ether oxygens (including phenoxy) is 1. The van der Waals surface area contributed by atoms with Gasteiger partial charge in [-0.15, -0.1) is 0 Å². The van der Waals surface area contributed by atoms with Crippen molar-refractivity contribution in [2.45, 2.75) is 36.0 Å². The van der Waals surface area contributed by atoms with Crippen LogP contribution in [0.4, 0.5) is 5.69 Å². The van der Waals surface area contributed by atoms with Crippen molar-refractivity contribution >= 4 is 29.3 Å². The van der Waals surface area contributed by atoms with Gasteiger partial charge in [0.25, 0.3) is 11.8 Å². The molecule has 158 valence electrons. The SMILES string of the molecule is O=C(NCCC[NH+]1CCOCC1)c1ccc2c(c1)NC(=O)C([NH+]1CCCCC1)S2. The van der Waals surface area contributed by atoms with Gasteiger partial charge in [0.15, 0.2) is 0 Å². The van der Waals surface area contributed by atoms with Gasteiger partial charge >= 0.3 is 0 Å². The van der Waals surface area contributed by atoms with Gasteiger partial charge in [0.1, 0.15) is 13.1 Å². The second kappa shape index (κ2) is 9.93. The summed E-state index contributed by atoms with van der Waals surface area (Å²) >= 11 is 1.64. The van der Waals surface area contributed by atoms with Crippen molar-refractivity contribution < 1.29 is 24.1 Å². The summed E-state index contributed by atoms with van der Waals surface area (Å²) in [5.74, 6) is -0.0155. The Balaban J connectivity index is 1.29. The van der Waals surface area contributed by atoms with Gasteiger partial charge in [0, 0.05) is 23.4 Å². The third-order valence-corrected chi connectivity index (χ3v) is 7.43. The number of morpholine rings is 1. The smallest absolute Gasteiger partial charge is 0.294 e. The Morgan fingerprint density at radius 1 is 1.17 bits per heavy atom. The molecule has 0 spiro atoms. The van der Waals surface area contributed by atoms with E-state index in [9.17, 15) is 9.59 Å². The maximum atomic E-state index is 12.6. The van der Waals surface area contributed by atoms with Crippen molar-refractivity contribution in [2.75, 3.05) is 57.8 Å². The summed E-state index contributed by atoms with van der Waals surface area (Å²) in [5, 5.41) is 5.97. The molecule has 0 aromatic heterocycles. The van der Waals surface area contributed by atoms with Gasteiger partial charge in [0.05, 0.1) is 38.5 Å². The number of fused-ring (bicyclic) bond motifs is 1. The minimum atomic E-state index is -0.0786. The van der Waals surface area contributed by atoms with E-state index in [1.807, 2.05) is 18.2 Å². The predicted octanol–water partition coefficient (Wildman–Crippen LogP) is -0.839. The Hall–Kier alpha value is -1.61. The van der Waals surface area contributed by atoms with Gasteiger partial charge in [0.2, 0.25) is 5.37 Å². The quantitative estimate of drug-likeness (QED) is 0.453. The predicted molar refractivity (Wildman–Crippen MR) is 113 cm³/mol. The molecule has 2 amide bonds. The summed E-state index contributed by atoms with van der Waals surface area (Å²) in [7, 11) is 0. The first-order valence-electron chi connectivity index (χ1n) is 10.9. The second-order valence-corrected chi connectivity index (χ2v) is 9.29. The van der Waals surface area contributed by atoms with E-state index in [-0.39, 0.29) is 17.2 Å². The molecule has 2 fully saturated rings. The molecule has 2 saturated heterocycles. The van der Waals surface area contributed by atoms with E-state index in [1.54, 1.807) is 16.7 Å². The summed E-state index contributed by atoms with van der Waals surface area (Å²) < 4.78 is 5.37. The lowest BCUT2D eigenvalue weighted by molar-refractivity contribution is -0.908. The van der Waals surface area contributed by atoms with E-state index in [2.05, 4.69) is 10.6 Å². The van der Waals surface area contributed by atoms with E-state index in [1.165, 1.54) is 24.2 Å². The van der Waals surface area contributed by atoms with Gasteiger partial charge in [-0.2, -0.15) is 0 Å². The van der Waals surface area contributed by atoms with Gasteiger partial charge in [-0.05, 0) is 37.5 Å². The van der Waals surface area contributed by atoms with Crippen LogP contribution in [0.25, 0.3) is 0 Å². The van der Waals surface area contributed by atoms with Gasteiger partial charge < -0.3 is 25.2 Å². The second-order valence-electron chi connectivity index (χ2n) is 8.14. The fourth-order valence-electron chi connectivity index (χ4n) is 4.34. The average molecular weight is 421 g/mol. The number of rotatable bonds is 6. The summed E-state index contributed by atoms with van der Waals surface area (Å²) in [4.78, 5) is 29.1. The molecule has 1 aromatic carbocycles. The lowest BCUT2D eigenvalue weighted by atomic mass is 10.1. The lowest BCUT2D eigenvalue weighted by Gasteiger charge is -2.33. The number of likely N-dealkylation sites (tertiary alicyclic amines) is 1. The molecule has 0 saturated carbocycles. The highest BCUT2D eigenvalue weighted by atomic mass is 32.2. The normalized spacial score (nSPS) is 23.3. The molecular formula is C21H32N4O3S+2. The number of hydrogen-bond donors (Lipinski definition) is 4. The number of amides is 2. The summed E-state index contributed by atoms with van der Waals surface area (Å²) in [5.41, 5.74) is 1.37. The highest BCUT2D eigenvalue weighted by Crippen LogP contribution is 2.34. The van der Waals surface area contributed by atoms with E-state index in [0.717, 1.165) is 62.9 Å². The molecule has 0 bridgehead atoms. The number of hydrogen-bond acceptors (Lipinski definition) is 4. The zero-order valence-corrected chi connectivity index (χ0v) is 17.7. The van der Waals surface area contributed by atoms with Crippen LogP contribution in [0.5, 0.6) is 0 Å². The third kappa shape index (κ3) is 5.31.